The summed E-state index contributed by atoms with van der Waals surface area (Å²) < 4.78 is 45.8. The number of carbonyl (C=O) groups is 1. The van der Waals surface area contributed by atoms with E-state index in [1.165, 1.54) is 12.1 Å². The summed E-state index contributed by atoms with van der Waals surface area (Å²) in [6, 6.07) is 4.50. The first kappa shape index (κ1) is 16.3. The number of Topliss-reactive ketones (excluding diaryl/α,β-unsaturated/α-hetero) is 1. The van der Waals surface area contributed by atoms with Crippen molar-refractivity contribution in [1.29, 1.82) is 0 Å². The van der Waals surface area contributed by atoms with Gasteiger partial charge in [-0.25, -0.2) is 0 Å². The number of halogens is 3. The number of hydrogen-bond acceptors (Lipinski definition) is 4. The monoisotopic (exact) mass is 291 g/mol. The van der Waals surface area contributed by atoms with Crippen molar-refractivity contribution in [3.8, 4) is 11.5 Å². The van der Waals surface area contributed by atoms with Crippen LogP contribution in [-0.2, 0) is 0 Å². The lowest BCUT2D eigenvalue weighted by atomic mass is 10.1. The van der Waals surface area contributed by atoms with Crippen molar-refractivity contribution < 1.29 is 27.4 Å². The Labute approximate surface area is 114 Å². The molecule has 0 fully saturated rings. The highest BCUT2D eigenvalue weighted by molar-refractivity contribution is 5.98. The van der Waals surface area contributed by atoms with Gasteiger partial charge in [-0.2, -0.15) is 13.2 Å². The molecule has 0 bridgehead atoms. The smallest absolute Gasteiger partial charge is 0.401 e. The molecule has 0 atom stereocenters. The van der Waals surface area contributed by atoms with E-state index in [0.717, 1.165) is 0 Å². The lowest BCUT2D eigenvalue weighted by Gasteiger charge is -2.07. The molecule has 112 valence electrons. The highest BCUT2D eigenvalue weighted by atomic mass is 19.4. The molecule has 4 nitrogen and oxygen atoms in total. The van der Waals surface area contributed by atoms with Crippen LogP contribution in [-0.4, -0.2) is 31.8 Å². The van der Waals surface area contributed by atoms with E-state index in [1.807, 2.05) is 19.2 Å². The minimum Gasteiger partial charge on any atom is -0.454 e. The number of ketones is 1. The standard InChI is InChI=1S/C11H10F3NO3.C2H6/c12-11(13,14)5-15-4-8(16)7-1-2-9-10(3-7)18-6-17-9;1-2/h1-3,15H,4-6H2;1-2H3. The molecule has 7 heteroatoms. The van der Waals surface area contributed by atoms with Crippen LogP contribution in [0.25, 0.3) is 0 Å². The van der Waals surface area contributed by atoms with Gasteiger partial charge in [0.15, 0.2) is 17.3 Å². The third-order valence-corrected chi connectivity index (χ3v) is 2.31. The molecule has 1 aromatic carbocycles. The molecule has 1 N–H and O–H groups in total. The maximum absolute atomic E-state index is 11.9. The number of alkyl halides is 3. The van der Waals surface area contributed by atoms with Gasteiger partial charge in [0, 0.05) is 5.56 Å². The Morgan fingerprint density at radius 3 is 2.55 bits per heavy atom. The van der Waals surface area contributed by atoms with Crippen molar-refractivity contribution in [3.63, 3.8) is 0 Å². The van der Waals surface area contributed by atoms with E-state index in [2.05, 4.69) is 0 Å². The number of hydrogen-bond donors (Lipinski definition) is 1. The molecule has 20 heavy (non-hydrogen) atoms. The normalized spacial score (nSPS) is 12.7. The summed E-state index contributed by atoms with van der Waals surface area (Å²) >= 11 is 0. The van der Waals surface area contributed by atoms with E-state index in [9.17, 15) is 18.0 Å². The number of benzene rings is 1. The third kappa shape index (κ3) is 4.73. The topological polar surface area (TPSA) is 47.6 Å². The molecule has 1 aliphatic heterocycles. The number of fused-ring (bicyclic) bond motifs is 1. The molecular weight excluding hydrogens is 275 g/mol. The molecule has 2 rings (SSSR count). The van der Waals surface area contributed by atoms with Crippen molar-refractivity contribution in [1.82, 2.24) is 5.32 Å². The minimum absolute atomic E-state index is 0.0826. The average molecular weight is 291 g/mol. The molecule has 0 saturated carbocycles. The Kier molecular flexibility index (Phi) is 5.82. The number of ether oxygens (including phenoxy) is 2. The Morgan fingerprint density at radius 2 is 1.90 bits per heavy atom. The van der Waals surface area contributed by atoms with Crippen LogP contribution in [0.5, 0.6) is 11.5 Å². The number of nitrogens with one attached hydrogen (secondary N) is 1. The zero-order valence-electron chi connectivity index (χ0n) is 11.2. The van der Waals surface area contributed by atoms with Gasteiger partial charge < -0.3 is 14.8 Å². The van der Waals surface area contributed by atoms with Gasteiger partial charge >= 0.3 is 6.18 Å². The molecule has 0 aliphatic carbocycles. The fraction of sp³-hybridized carbons (Fsp3) is 0.462. The lowest BCUT2D eigenvalue weighted by molar-refractivity contribution is -0.124. The second kappa shape index (κ2) is 7.14. The predicted octanol–water partition coefficient (Wildman–Crippen LogP) is 2.78. The van der Waals surface area contributed by atoms with Crippen LogP contribution < -0.4 is 14.8 Å². The first-order valence-corrected chi connectivity index (χ1v) is 6.16. The van der Waals surface area contributed by atoms with Crippen LogP contribution in [0, 0.1) is 0 Å². The summed E-state index contributed by atoms with van der Waals surface area (Å²) in [5.74, 6) is 0.518. The van der Waals surface area contributed by atoms with Gasteiger partial charge in [-0.15, -0.1) is 0 Å². The van der Waals surface area contributed by atoms with E-state index in [4.69, 9.17) is 9.47 Å². The van der Waals surface area contributed by atoms with E-state index in [1.54, 1.807) is 6.07 Å². The summed E-state index contributed by atoms with van der Waals surface area (Å²) in [6.45, 7) is 2.52. The number of carbonyl (C=O) groups excluding carboxylic acids is 1. The van der Waals surface area contributed by atoms with E-state index < -0.39 is 18.5 Å². The Morgan fingerprint density at radius 1 is 1.25 bits per heavy atom. The van der Waals surface area contributed by atoms with Crippen LogP contribution >= 0.6 is 0 Å². The van der Waals surface area contributed by atoms with Gasteiger partial charge in [0.2, 0.25) is 6.79 Å². The van der Waals surface area contributed by atoms with Crippen molar-refractivity contribution in [2.75, 3.05) is 19.9 Å². The van der Waals surface area contributed by atoms with Crippen LogP contribution in [0.15, 0.2) is 18.2 Å². The van der Waals surface area contributed by atoms with Gasteiger partial charge in [0.25, 0.3) is 0 Å². The summed E-state index contributed by atoms with van der Waals surface area (Å²) in [5, 5.41) is 2.04. The summed E-state index contributed by atoms with van der Waals surface area (Å²) in [4.78, 5) is 11.6. The molecular formula is C13H16F3NO3. The fourth-order valence-corrected chi connectivity index (χ4v) is 1.49. The van der Waals surface area contributed by atoms with Gasteiger partial charge in [0.05, 0.1) is 13.1 Å². The first-order valence-electron chi connectivity index (χ1n) is 6.16. The summed E-state index contributed by atoms with van der Waals surface area (Å²) in [6.07, 6.45) is -4.32. The van der Waals surface area contributed by atoms with Crippen molar-refractivity contribution >= 4 is 5.78 Å². The first-order chi connectivity index (χ1) is 9.46. The SMILES string of the molecule is CC.O=C(CNCC(F)(F)F)c1ccc2c(c1)OCO2. The summed E-state index contributed by atoms with van der Waals surface area (Å²) in [7, 11) is 0. The van der Waals surface area contributed by atoms with Crippen LogP contribution in [0.1, 0.15) is 24.2 Å². The zero-order chi connectivity index (χ0) is 15.2. The highest BCUT2D eigenvalue weighted by Gasteiger charge is 2.26. The Balaban J connectivity index is 0.000000956. The largest absolute Gasteiger partial charge is 0.454 e. The predicted molar refractivity (Wildman–Crippen MR) is 67.2 cm³/mol. The Hall–Kier alpha value is -1.76. The van der Waals surface area contributed by atoms with Gasteiger partial charge in [-0.1, -0.05) is 13.8 Å². The van der Waals surface area contributed by atoms with Crippen LogP contribution in [0.4, 0.5) is 13.2 Å². The maximum atomic E-state index is 11.9. The minimum atomic E-state index is -4.32. The molecule has 1 aromatic rings. The van der Waals surface area contributed by atoms with Crippen molar-refractivity contribution in [3.05, 3.63) is 23.8 Å². The second-order valence-corrected chi connectivity index (χ2v) is 3.71. The van der Waals surface area contributed by atoms with Gasteiger partial charge in [0.1, 0.15) is 0 Å². The molecule has 1 heterocycles. The molecule has 0 unspecified atom stereocenters. The van der Waals surface area contributed by atoms with Crippen molar-refractivity contribution in [2.24, 2.45) is 0 Å². The molecule has 0 spiro atoms. The third-order valence-electron chi connectivity index (χ3n) is 2.31. The average Bonchev–Trinajstić information content (AvgIpc) is 2.86. The lowest BCUT2D eigenvalue weighted by Crippen LogP contribution is -2.32. The second-order valence-electron chi connectivity index (χ2n) is 3.71. The molecule has 0 aromatic heterocycles. The molecule has 1 aliphatic rings. The molecule has 0 amide bonds. The summed E-state index contributed by atoms with van der Waals surface area (Å²) in [5.41, 5.74) is 0.286. The van der Waals surface area contributed by atoms with E-state index >= 15 is 0 Å². The highest BCUT2D eigenvalue weighted by Crippen LogP contribution is 2.32. The maximum Gasteiger partial charge on any atom is 0.401 e. The van der Waals surface area contributed by atoms with E-state index in [-0.39, 0.29) is 18.9 Å². The molecule has 0 saturated heterocycles. The van der Waals surface area contributed by atoms with Crippen LogP contribution in [0.3, 0.4) is 0 Å². The van der Waals surface area contributed by atoms with Gasteiger partial charge in [-0.3, -0.25) is 4.79 Å². The van der Waals surface area contributed by atoms with Crippen LogP contribution in [0.2, 0.25) is 0 Å². The zero-order valence-corrected chi connectivity index (χ0v) is 11.2. The molecule has 0 radical (unpaired) electrons. The Bertz CT molecular complexity index is 461. The number of rotatable bonds is 4. The van der Waals surface area contributed by atoms with Crippen molar-refractivity contribution in [2.45, 2.75) is 20.0 Å². The fourth-order valence-electron chi connectivity index (χ4n) is 1.49. The quantitative estimate of drug-likeness (QED) is 0.867. The van der Waals surface area contributed by atoms with E-state index in [0.29, 0.717) is 11.5 Å². The van der Waals surface area contributed by atoms with Gasteiger partial charge in [-0.05, 0) is 18.2 Å².